The molecule has 0 bridgehead atoms. The molecular formula is C25H27N5O. The first kappa shape index (κ1) is 18.8. The van der Waals surface area contributed by atoms with Crippen LogP contribution in [0.4, 0.5) is 17.3 Å². The van der Waals surface area contributed by atoms with Crippen molar-refractivity contribution in [2.24, 2.45) is 0 Å². The van der Waals surface area contributed by atoms with Crippen LogP contribution in [-0.2, 0) is 10.2 Å². The number of nitrogens with one attached hydrogen (secondary N) is 2. The van der Waals surface area contributed by atoms with Gasteiger partial charge in [0.1, 0.15) is 0 Å². The van der Waals surface area contributed by atoms with E-state index < -0.39 is 0 Å². The average Bonchev–Trinajstić information content (AvgIpc) is 3.10. The molecule has 3 aliphatic rings. The third-order valence-electron chi connectivity index (χ3n) is 6.93. The second-order valence-electron chi connectivity index (χ2n) is 8.60. The molecule has 1 aromatic heterocycles. The fourth-order valence-corrected chi connectivity index (χ4v) is 5.30. The second-order valence-corrected chi connectivity index (χ2v) is 8.60. The van der Waals surface area contributed by atoms with E-state index in [1.165, 1.54) is 16.8 Å². The predicted octanol–water partition coefficient (Wildman–Crippen LogP) is 3.71. The van der Waals surface area contributed by atoms with Gasteiger partial charge in [-0.2, -0.15) is 0 Å². The molecule has 3 aromatic rings. The molecule has 2 aromatic carbocycles. The third-order valence-corrected chi connectivity index (χ3v) is 6.93. The van der Waals surface area contributed by atoms with Gasteiger partial charge in [0.2, 0.25) is 5.95 Å². The van der Waals surface area contributed by atoms with Crippen LogP contribution in [0, 0.1) is 0 Å². The topological polar surface area (TPSA) is 62.3 Å². The summed E-state index contributed by atoms with van der Waals surface area (Å²) < 4.78 is 5.71. The van der Waals surface area contributed by atoms with Gasteiger partial charge in [-0.1, -0.05) is 24.3 Å². The molecule has 0 unspecified atom stereocenters. The van der Waals surface area contributed by atoms with Crippen LogP contribution in [0.15, 0.2) is 54.7 Å². The zero-order chi connectivity index (χ0) is 20.7. The van der Waals surface area contributed by atoms with Crippen LogP contribution in [0.2, 0.25) is 0 Å². The van der Waals surface area contributed by atoms with E-state index in [-0.39, 0.29) is 5.41 Å². The number of rotatable bonds is 3. The zero-order valence-corrected chi connectivity index (χ0v) is 17.6. The number of hydrogen-bond acceptors (Lipinski definition) is 6. The Morgan fingerprint density at radius 2 is 1.71 bits per heavy atom. The molecule has 1 spiro atoms. The summed E-state index contributed by atoms with van der Waals surface area (Å²) in [6, 6.07) is 17.3. The highest BCUT2D eigenvalue weighted by Crippen LogP contribution is 2.52. The molecule has 2 aliphatic heterocycles. The van der Waals surface area contributed by atoms with Gasteiger partial charge in [-0.05, 0) is 48.2 Å². The van der Waals surface area contributed by atoms with Crippen LogP contribution in [-0.4, -0.2) is 49.4 Å². The van der Waals surface area contributed by atoms with E-state index in [1.807, 2.05) is 6.20 Å². The summed E-state index contributed by atoms with van der Waals surface area (Å²) in [5.74, 6) is 0.660. The van der Waals surface area contributed by atoms with Crippen LogP contribution in [0.25, 0.3) is 11.1 Å². The minimum Gasteiger partial charge on any atom is -0.381 e. The van der Waals surface area contributed by atoms with Gasteiger partial charge < -0.3 is 20.3 Å². The molecule has 6 nitrogen and oxygen atoms in total. The SMILES string of the molecule is c1ccc2c(c1)-c1cnc(Nc3ccc(N4CCNCC4)cc3)nc1C21CCOCC1. The van der Waals surface area contributed by atoms with Crippen molar-refractivity contribution in [3.05, 3.63) is 66.0 Å². The lowest BCUT2D eigenvalue weighted by atomic mass is 9.74. The maximum atomic E-state index is 5.71. The van der Waals surface area contributed by atoms with Crippen molar-refractivity contribution >= 4 is 17.3 Å². The largest absolute Gasteiger partial charge is 0.381 e. The molecule has 0 radical (unpaired) electrons. The number of benzene rings is 2. The number of hydrogen-bond donors (Lipinski definition) is 2. The Kier molecular flexibility index (Phi) is 4.62. The third kappa shape index (κ3) is 3.18. The van der Waals surface area contributed by atoms with Gasteiger partial charge in [-0.15, -0.1) is 0 Å². The summed E-state index contributed by atoms with van der Waals surface area (Å²) in [5.41, 5.74) is 7.17. The van der Waals surface area contributed by atoms with E-state index in [2.05, 4.69) is 69.0 Å². The van der Waals surface area contributed by atoms with Crippen LogP contribution in [0.5, 0.6) is 0 Å². The standard InChI is InChI=1S/C25H27N5O/c1-2-4-22-20(3-1)21-17-27-24(29-23(21)25(22)9-15-31-16-10-25)28-18-5-7-19(8-6-18)30-13-11-26-12-14-30/h1-8,17,26H,9-16H2,(H,27,28,29). The van der Waals surface area contributed by atoms with Crippen molar-refractivity contribution in [3.63, 3.8) is 0 Å². The van der Waals surface area contributed by atoms with E-state index in [9.17, 15) is 0 Å². The Morgan fingerprint density at radius 1 is 0.935 bits per heavy atom. The Hall–Kier alpha value is -2.96. The quantitative estimate of drug-likeness (QED) is 0.683. The molecule has 158 valence electrons. The summed E-state index contributed by atoms with van der Waals surface area (Å²) in [4.78, 5) is 12.1. The minimum atomic E-state index is -0.0598. The number of aromatic nitrogens is 2. The lowest BCUT2D eigenvalue weighted by molar-refractivity contribution is 0.0632. The molecule has 0 amide bonds. The highest BCUT2D eigenvalue weighted by atomic mass is 16.5. The van der Waals surface area contributed by atoms with Crippen LogP contribution < -0.4 is 15.5 Å². The first-order valence-corrected chi connectivity index (χ1v) is 11.2. The second kappa shape index (κ2) is 7.62. The van der Waals surface area contributed by atoms with Crippen molar-refractivity contribution in [3.8, 4) is 11.1 Å². The van der Waals surface area contributed by atoms with Gasteiger partial charge in [0.25, 0.3) is 0 Å². The Balaban J connectivity index is 1.30. The molecule has 2 N–H and O–H groups in total. The molecule has 31 heavy (non-hydrogen) atoms. The molecule has 3 heterocycles. The lowest BCUT2D eigenvalue weighted by Gasteiger charge is -2.34. The zero-order valence-electron chi connectivity index (χ0n) is 17.6. The summed E-state index contributed by atoms with van der Waals surface area (Å²) in [5, 5.41) is 6.83. The van der Waals surface area contributed by atoms with Crippen molar-refractivity contribution in [2.45, 2.75) is 18.3 Å². The van der Waals surface area contributed by atoms with Gasteiger partial charge in [-0.25, -0.2) is 9.97 Å². The van der Waals surface area contributed by atoms with E-state index in [4.69, 9.17) is 9.72 Å². The predicted molar refractivity (Wildman–Crippen MR) is 123 cm³/mol. The average molecular weight is 414 g/mol. The lowest BCUT2D eigenvalue weighted by Crippen LogP contribution is -2.43. The monoisotopic (exact) mass is 413 g/mol. The van der Waals surface area contributed by atoms with E-state index in [1.54, 1.807) is 0 Å². The summed E-state index contributed by atoms with van der Waals surface area (Å²) in [7, 11) is 0. The minimum absolute atomic E-state index is 0.0598. The van der Waals surface area contributed by atoms with Crippen LogP contribution in [0.1, 0.15) is 24.1 Å². The van der Waals surface area contributed by atoms with Gasteiger partial charge in [0.05, 0.1) is 5.69 Å². The number of fused-ring (bicyclic) bond motifs is 5. The highest BCUT2D eigenvalue weighted by Gasteiger charge is 2.45. The van der Waals surface area contributed by atoms with Gasteiger partial charge >= 0.3 is 0 Å². The van der Waals surface area contributed by atoms with Crippen molar-refractivity contribution in [1.82, 2.24) is 15.3 Å². The summed E-state index contributed by atoms with van der Waals surface area (Å²) in [6.45, 7) is 5.72. The smallest absolute Gasteiger partial charge is 0.227 e. The van der Waals surface area contributed by atoms with E-state index >= 15 is 0 Å². The molecule has 1 aliphatic carbocycles. The van der Waals surface area contributed by atoms with Crippen molar-refractivity contribution in [1.29, 1.82) is 0 Å². The Morgan fingerprint density at radius 3 is 2.52 bits per heavy atom. The van der Waals surface area contributed by atoms with E-state index in [0.29, 0.717) is 5.95 Å². The summed E-state index contributed by atoms with van der Waals surface area (Å²) >= 11 is 0. The fraction of sp³-hybridized carbons (Fsp3) is 0.360. The number of nitrogens with zero attached hydrogens (tertiary/aromatic N) is 3. The van der Waals surface area contributed by atoms with Crippen molar-refractivity contribution in [2.75, 3.05) is 49.6 Å². The van der Waals surface area contributed by atoms with Crippen LogP contribution >= 0.6 is 0 Å². The fourth-order valence-electron chi connectivity index (χ4n) is 5.30. The molecule has 6 heteroatoms. The van der Waals surface area contributed by atoms with Crippen molar-refractivity contribution < 1.29 is 4.74 Å². The number of ether oxygens (including phenoxy) is 1. The van der Waals surface area contributed by atoms with Gasteiger partial charge in [-0.3, -0.25) is 0 Å². The molecule has 2 fully saturated rings. The molecule has 0 atom stereocenters. The maximum absolute atomic E-state index is 5.71. The molecule has 6 rings (SSSR count). The first-order valence-electron chi connectivity index (χ1n) is 11.2. The maximum Gasteiger partial charge on any atom is 0.227 e. The summed E-state index contributed by atoms with van der Waals surface area (Å²) in [6.07, 6.45) is 3.92. The highest BCUT2D eigenvalue weighted by molar-refractivity contribution is 5.79. The Bertz CT molecular complexity index is 1090. The molecular weight excluding hydrogens is 386 g/mol. The normalized spacial score (nSPS) is 19.2. The van der Waals surface area contributed by atoms with E-state index in [0.717, 1.165) is 69.2 Å². The van der Waals surface area contributed by atoms with Gasteiger partial charge in [0, 0.05) is 67.9 Å². The van der Waals surface area contributed by atoms with Crippen LogP contribution in [0.3, 0.4) is 0 Å². The van der Waals surface area contributed by atoms with Gasteiger partial charge in [0.15, 0.2) is 0 Å². The number of piperazine rings is 1. The Labute approximate surface area is 182 Å². The molecule has 2 saturated heterocycles. The first-order chi connectivity index (χ1) is 15.3. The number of anilines is 3. The molecule has 0 saturated carbocycles.